The maximum absolute atomic E-state index is 10.9. The van der Waals surface area contributed by atoms with Crippen molar-refractivity contribution in [2.75, 3.05) is 0 Å². The number of benzene rings is 2. The molecule has 0 spiro atoms. The molecule has 0 aromatic heterocycles. The van der Waals surface area contributed by atoms with Crippen molar-refractivity contribution in [2.24, 2.45) is 5.16 Å². The van der Waals surface area contributed by atoms with Gasteiger partial charge < -0.3 is 10.3 Å². The second kappa shape index (κ2) is 7.16. The van der Waals surface area contributed by atoms with Crippen molar-refractivity contribution in [2.45, 2.75) is 38.5 Å². The molecule has 1 aliphatic rings. The second-order valence-electron chi connectivity index (χ2n) is 7.36. The van der Waals surface area contributed by atoms with Gasteiger partial charge in [0.15, 0.2) is 0 Å². The number of aromatic carboxylic acids is 1. The summed E-state index contributed by atoms with van der Waals surface area (Å²) >= 11 is 0. The Balaban J connectivity index is 1.84. The van der Waals surface area contributed by atoms with Crippen molar-refractivity contribution in [1.82, 2.24) is 0 Å². The summed E-state index contributed by atoms with van der Waals surface area (Å²) in [6.45, 7) is 4.54. The first kappa shape index (κ1) is 17.9. The molecule has 134 valence electrons. The predicted molar refractivity (Wildman–Crippen MR) is 103 cm³/mol. The van der Waals surface area contributed by atoms with E-state index in [0.717, 1.165) is 17.5 Å². The molecule has 0 bridgehead atoms. The Morgan fingerprint density at radius 3 is 2.46 bits per heavy atom. The zero-order valence-electron chi connectivity index (χ0n) is 15.1. The highest BCUT2D eigenvalue weighted by Crippen LogP contribution is 2.37. The number of carboxylic acid groups (broad SMARTS) is 1. The molecule has 26 heavy (non-hydrogen) atoms. The highest BCUT2D eigenvalue weighted by atomic mass is 16.4. The van der Waals surface area contributed by atoms with Crippen molar-refractivity contribution in [3.63, 3.8) is 0 Å². The maximum atomic E-state index is 10.9. The van der Waals surface area contributed by atoms with Crippen molar-refractivity contribution < 1.29 is 15.1 Å². The van der Waals surface area contributed by atoms with E-state index in [2.05, 4.69) is 31.1 Å². The van der Waals surface area contributed by atoms with E-state index >= 15 is 0 Å². The van der Waals surface area contributed by atoms with Crippen LogP contribution in [0.4, 0.5) is 0 Å². The lowest BCUT2D eigenvalue weighted by atomic mass is 9.72. The zero-order valence-corrected chi connectivity index (χ0v) is 15.1. The first-order valence-electron chi connectivity index (χ1n) is 8.78. The van der Waals surface area contributed by atoms with Crippen LogP contribution in [-0.2, 0) is 11.8 Å². The molecule has 0 atom stereocenters. The number of carboxylic acids is 1. The first-order chi connectivity index (χ1) is 12.4. The minimum absolute atomic E-state index is 0.185. The van der Waals surface area contributed by atoms with Crippen LogP contribution in [0.25, 0.3) is 6.08 Å². The summed E-state index contributed by atoms with van der Waals surface area (Å²) in [6, 6.07) is 12.8. The van der Waals surface area contributed by atoms with E-state index in [-0.39, 0.29) is 11.0 Å². The van der Waals surface area contributed by atoms with Gasteiger partial charge in [-0.2, -0.15) is 0 Å². The third-order valence-corrected chi connectivity index (χ3v) is 5.08. The van der Waals surface area contributed by atoms with Crippen LogP contribution in [-0.4, -0.2) is 22.0 Å². The Hall–Kier alpha value is -2.88. The Kier molecular flexibility index (Phi) is 4.94. The average Bonchev–Trinajstić information content (AvgIpc) is 2.62. The summed E-state index contributed by atoms with van der Waals surface area (Å²) in [4.78, 5) is 10.9. The quantitative estimate of drug-likeness (QED) is 0.469. The molecule has 2 aromatic carbocycles. The number of allylic oxidation sites excluding steroid dienone is 1. The number of aryl methyl sites for hydroxylation is 1. The summed E-state index contributed by atoms with van der Waals surface area (Å²) in [7, 11) is 0. The van der Waals surface area contributed by atoms with Gasteiger partial charge in [-0.25, -0.2) is 4.79 Å². The van der Waals surface area contributed by atoms with E-state index in [1.54, 1.807) is 30.3 Å². The molecule has 0 unspecified atom stereocenters. The largest absolute Gasteiger partial charge is 0.478 e. The molecule has 4 nitrogen and oxygen atoms in total. The van der Waals surface area contributed by atoms with Crippen molar-refractivity contribution >= 4 is 17.8 Å². The molecule has 0 saturated carbocycles. The lowest BCUT2D eigenvalue weighted by Crippen LogP contribution is -2.24. The van der Waals surface area contributed by atoms with Gasteiger partial charge in [0, 0.05) is 5.56 Å². The molecule has 1 aliphatic carbocycles. The monoisotopic (exact) mass is 349 g/mol. The fraction of sp³-hybridized carbons (Fsp3) is 0.273. The summed E-state index contributed by atoms with van der Waals surface area (Å²) in [6.07, 6.45) is 6.95. The average molecular weight is 349 g/mol. The van der Waals surface area contributed by atoms with E-state index in [4.69, 9.17) is 5.11 Å². The van der Waals surface area contributed by atoms with Crippen LogP contribution in [0.15, 0.2) is 53.7 Å². The molecule has 0 aliphatic heterocycles. The molecular weight excluding hydrogens is 326 g/mol. The molecule has 0 heterocycles. The van der Waals surface area contributed by atoms with Gasteiger partial charge in [0.2, 0.25) is 0 Å². The molecule has 3 rings (SSSR count). The van der Waals surface area contributed by atoms with Crippen LogP contribution >= 0.6 is 0 Å². The Morgan fingerprint density at radius 2 is 1.81 bits per heavy atom. The van der Waals surface area contributed by atoms with E-state index < -0.39 is 5.97 Å². The normalized spacial score (nSPS) is 16.5. The predicted octanol–water partition coefficient (Wildman–Crippen LogP) is 4.89. The van der Waals surface area contributed by atoms with E-state index in [1.807, 2.05) is 12.1 Å². The fourth-order valence-electron chi connectivity index (χ4n) is 3.57. The minimum atomic E-state index is -0.949. The molecule has 0 saturated heterocycles. The third kappa shape index (κ3) is 3.69. The molecule has 0 amide bonds. The summed E-state index contributed by atoms with van der Waals surface area (Å²) < 4.78 is 0. The van der Waals surface area contributed by atoms with Crippen LogP contribution in [0.1, 0.15) is 59.3 Å². The van der Waals surface area contributed by atoms with Gasteiger partial charge in [-0.05, 0) is 65.6 Å². The lowest BCUT2D eigenvalue weighted by Gasteiger charge is -2.32. The number of oxime groups is 1. The van der Waals surface area contributed by atoms with Gasteiger partial charge >= 0.3 is 5.97 Å². The number of hydrogen-bond acceptors (Lipinski definition) is 3. The third-order valence-electron chi connectivity index (χ3n) is 5.08. The van der Waals surface area contributed by atoms with Crippen molar-refractivity contribution in [1.29, 1.82) is 0 Å². The standard InChI is InChI=1S/C22H23NO3/c1-22(2)13-3-4-17-14-18(10-11-19(17)22)20(23-26)12-7-15-5-8-16(9-6-15)21(24)25/h5-12,14,26H,3-4,13H2,1-2H3,(H,24,25). The number of fused-ring (bicyclic) bond motifs is 1. The van der Waals surface area contributed by atoms with Gasteiger partial charge in [0.25, 0.3) is 0 Å². The number of nitrogens with zero attached hydrogens (tertiary/aromatic N) is 1. The van der Waals surface area contributed by atoms with E-state index in [0.29, 0.717) is 5.71 Å². The zero-order chi connectivity index (χ0) is 18.7. The van der Waals surface area contributed by atoms with Gasteiger partial charge in [-0.3, -0.25) is 0 Å². The summed E-state index contributed by atoms with van der Waals surface area (Å²) in [5.74, 6) is -0.949. The topological polar surface area (TPSA) is 69.9 Å². The van der Waals surface area contributed by atoms with Crippen LogP contribution < -0.4 is 0 Å². The molecule has 2 N–H and O–H groups in total. The minimum Gasteiger partial charge on any atom is -0.478 e. The highest BCUT2D eigenvalue weighted by molar-refractivity contribution is 6.10. The Labute approximate surface area is 153 Å². The second-order valence-corrected chi connectivity index (χ2v) is 7.36. The van der Waals surface area contributed by atoms with Gasteiger partial charge in [-0.15, -0.1) is 0 Å². The smallest absolute Gasteiger partial charge is 0.335 e. The van der Waals surface area contributed by atoms with Gasteiger partial charge in [-0.1, -0.05) is 49.3 Å². The highest BCUT2D eigenvalue weighted by Gasteiger charge is 2.27. The maximum Gasteiger partial charge on any atom is 0.335 e. The summed E-state index contributed by atoms with van der Waals surface area (Å²) in [5.41, 5.74) is 5.33. The SMILES string of the molecule is CC1(C)CCCc2cc(C(C=Cc3ccc(C(=O)O)cc3)=NO)ccc21. The lowest BCUT2D eigenvalue weighted by molar-refractivity contribution is 0.0697. The van der Waals surface area contributed by atoms with Crippen molar-refractivity contribution in [3.05, 3.63) is 76.4 Å². The Bertz CT molecular complexity index is 877. The number of hydrogen-bond donors (Lipinski definition) is 2. The fourth-order valence-corrected chi connectivity index (χ4v) is 3.57. The molecular formula is C22H23NO3. The molecule has 0 fully saturated rings. The van der Waals surface area contributed by atoms with Crippen LogP contribution in [0, 0.1) is 0 Å². The number of rotatable bonds is 4. The number of carbonyl (C=O) groups is 1. The van der Waals surface area contributed by atoms with Gasteiger partial charge in [0.05, 0.1) is 5.56 Å². The summed E-state index contributed by atoms with van der Waals surface area (Å²) in [5, 5.41) is 21.8. The Morgan fingerprint density at radius 1 is 1.12 bits per heavy atom. The van der Waals surface area contributed by atoms with Crippen LogP contribution in [0.2, 0.25) is 0 Å². The van der Waals surface area contributed by atoms with E-state index in [9.17, 15) is 10.0 Å². The van der Waals surface area contributed by atoms with E-state index in [1.165, 1.54) is 24.0 Å². The first-order valence-corrected chi connectivity index (χ1v) is 8.78. The molecule has 0 radical (unpaired) electrons. The van der Waals surface area contributed by atoms with Crippen LogP contribution in [0.5, 0.6) is 0 Å². The van der Waals surface area contributed by atoms with Crippen LogP contribution in [0.3, 0.4) is 0 Å². The van der Waals surface area contributed by atoms with Crippen molar-refractivity contribution in [3.8, 4) is 0 Å². The molecule has 4 heteroatoms. The van der Waals surface area contributed by atoms with Gasteiger partial charge in [0.1, 0.15) is 5.71 Å². The molecule has 2 aromatic rings.